The fourth-order valence-electron chi connectivity index (χ4n) is 1.84. The largest absolute Gasteiger partial charge is 0.294 e. The lowest BCUT2D eigenvalue weighted by atomic mass is 9.94. The van der Waals surface area contributed by atoms with Crippen molar-refractivity contribution in [2.24, 2.45) is 5.92 Å². The van der Waals surface area contributed by atoms with Crippen molar-refractivity contribution < 1.29 is 4.79 Å². The second-order valence-electron chi connectivity index (χ2n) is 4.41. The average molecular weight is 220 g/mol. The second-order valence-corrected chi connectivity index (χ2v) is 5.83. The maximum Gasteiger partial charge on any atom is 0.167 e. The van der Waals surface area contributed by atoms with E-state index in [0.29, 0.717) is 11.0 Å². The standard InChI is InChI=1S/C13H16OS/c1-7-5-11-12(6-8(7)2)15-10(4)9(3)13(11)14/h5-6,9-10H,1-4H3. The van der Waals surface area contributed by atoms with E-state index in [1.165, 1.54) is 11.1 Å². The van der Waals surface area contributed by atoms with Crippen LogP contribution in [0.5, 0.6) is 0 Å². The molecule has 1 aliphatic heterocycles. The number of benzene rings is 1. The lowest BCUT2D eigenvalue weighted by Gasteiger charge is -2.26. The van der Waals surface area contributed by atoms with Gasteiger partial charge in [0, 0.05) is 21.6 Å². The molecule has 2 atom stereocenters. The lowest BCUT2D eigenvalue weighted by Crippen LogP contribution is -2.26. The first-order valence-corrected chi connectivity index (χ1v) is 6.21. The molecule has 1 aliphatic rings. The van der Waals surface area contributed by atoms with Crippen LogP contribution in [0.25, 0.3) is 0 Å². The first-order valence-electron chi connectivity index (χ1n) is 5.33. The molecule has 1 heterocycles. The van der Waals surface area contributed by atoms with Crippen molar-refractivity contribution in [2.75, 3.05) is 0 Å². The van der Waals surface area contributed by atoms with E-state index in [0.717, 1.165) is 10.5 Å². The number of carbonyl (C=O) groups is 1. The summed E-state index contributed by atoms with van der Waals surface area (Å²) in [6, 6.07) is 4.19. The average Bonchev–Trinajstić information content (AvgIpc) is 2.19. The van der Waals surface area contributed by atoms with Crippen molar-refractivity contribution in [2.45, 2.75) is 37.8 Å². The van der Waals surface area contributed by atoms with Crippen molar-refractivity contribution in [3.05, 3.63) is 28.8 Å². The molecule has 80 valence electrons. The highest BCUT2D eigenvalue weighted by Crippen LogP contribution is 2.39. The van der Waals surface area contributed by atoms with Gasteiger partial charge in [0.2, 0.25) is 0 Å². The van der Waals surface area contributed by atoms with Crippen LogP contribution in [0.2, 0.25) is 0 Å². The van der Waals surface area contributed by atoms with Gasteiger partial charge in [0.25, 0.3) is 0 Å². The Morgan fingerprint density at radius 1 is 1.13 bits per heavy atom. The van der Waals surface area contributed by atoms with Gasteiger partial charge in [0.05, 0.1) is 0 Å². The maximum absolute atomic E-state index is 12.1. The number of hydrogen-bond acceptors (Lipinski definition) is 2. The number of hydrogen-bond donors (Lipinski definition) is 0. The molecule has 0 fully saturated rings. The minimum absolute atomic E-state index is 0.143. The summed E-state index contributed by atoms with van der Waals surface area (Å²) in [6.45, 7) is 8.32. The van der Waals surface area contributed by atoms with Crippen molar-refractivity contribution >= 4 is 17.5 Å². The van der Waals surface area contributed by atoms with Gasteiger partial charge in [-0.15, -0.1) is 11.8 Å². The molecule has 2 rings (SSSR count). The normalized spacial score (nSPS) is 25.2. The zero-order valence-corrected chi connectivity index (χ0v) is 10.4. The van der Waals surface area contributed by atoms with Crippen molar-refractivity contribution in [3.63, 3.8) is 0 Å². The first kappa shape index (κ1) is 10.7. The van der Waals surface area contributed by atoms with Gasteiger partial charge in [-0.2, -0.15) is 0 Å². The van der Waals surface area contributed by atoms with Crippen LogP contribution in [0.15, 0.2) is 17.0 Å². The number of aryl methyl sites for hydroxylation is 2. The minimum atomic E-state index is 0.143. The van der Waals surface area contributed by atoms with E-state index in [1.807, 2.05) is 24.8 Å². The van der Waals surface area contributed by atoms with Crippen molar-refractivity contribution in [1.29, 1.82) is 0 Å². The predicted molar refractivity (Wildman–Crippen MR) is 64.7 cm³/mol. The van der Waals surface area contributed by atoms with Gasteiger partial charge in [-0.1, -0.05) is 13.8 Å². The van der Waals surface area contributed by atoms with Crippen molar-refractivity contribution in [3.8, 4) is 0 Å². The molecule has 0 saturated carbocycles. The third-order valence-corrected chi connectivity index (χ3v) is 4.66. The fraction of sp³-hybridized carbons (Fsp3) is 0.462. The number of thioether (sulfide) groups is 1. The maximum atomic E-state index is 12.1. The number of carbonyl (C=O) groups excluding carboxylic acids is 1. The molecule has 2 heteroatoms. The van der Waals surface area contributed by atoms with Crippen LogP contribution in [-0.2, 0) is 0 Å². The Labute approximate surface area is 95.3 Å². The number of fused-ring (bicyclic) bond motifs is 1. The Morgan fingerprint density at radius 3 is 2.40 bits per heavy atom. The molecule has 0 spiro atoms. The van der Waals surface area contributed by atoms with Crippen LogP contribution >= 0.6 is 11.8 Å². The molecule has 0 aliphatic carbocycles. The second kappa shape index (κ2) is 3.67. The Balaban J connectivity index is 2.56. The van der Waals surface area contributed by atoms with Gasteiger partial charge in [-0.05, 0) is 37.1 Å². The van der Waals surface area contributed by atoms with Crippen molar-refractivity contribution in [1.82, 2.24) is 0 Å². The van der Waals surface area contributed by atoms with Gasteiger partial charge in [0.1, 0.15) is 0 Å². The molecular formula is C13H16OS. The SMILES string of the molecule is Cc1cc2c(cc1C)C(=O)C(C)C(C)S2. The highest BCUT2D eigenvalue weighted by molar-refractivity contribution is 8.00. The summed E-state index contributed by atoms with van der Waals surface area (Å²) in [7, 11) is 0. The molecule has 1 aromatic carbocycles. The molecule has 0 amide bonds. The summed E-state index contributed by atoms with van der Waals surface area (Å²) in [4.78, 5) is 13.2. The van der Waals surface area contributed by atoms with Crippen LogP contribution in [0.1, 0.15) is 35.3 Å². The van der Waals surface area contributed by atoms with E-state index in [9.17, 15) is 4.79 Å². The van der Waals surface area contributed by atoms with Crippen LogP contribution in [0.3, 0.4) is 0 Å². The van der Waals surface area contributed by atoms with Crippen LogP contribution in [0, 0.1) is 19.8 Å². The van der Waals surface area contributed by atoms with Crippen LogP contribution < -0.4 is 0 Å². The summed E-state index contributed by atoms with van der Waals surface area (Å²) in [6.07, 6.45) is 0. The quantitative estimate of drug-likeness (QED) is 0.664. The van der Waals surface area contributed by atoms with E-state index in [-0.39, 0.29) is 5.92 Å². The Morgan fingerprint density at radius 2 is 1.73 bits per heavy atom. The summed E-state index contributed by atoms with van der Waals surface area (Å²) < 4.78 is 0. The van der Waals surface area contributed by atoms with E-state index < -0.39 is 0 Å². The Kier molecular flexibility index (Phi) is 2.63. The summed E-state index contributed by atoms with van der Waals surface area (Å²) in [5, 5.41) is 0.395. The van der Waals surface area contributed by atoms with E-state index in [2.05, 4.69) is 26.8 Å². The topological polar surface area (TPSA) is 17.1 Å². The predicted octanol–water partition coefficient (Wildman–Crippen LogP) is 3.62. The number of ketones is 1. The molecule has 0 N–H and O–H groups in total. The summed E-state index contributed by atoms with van der Waals surface area (Å²) >= 11 is 1.83. The third kappa shape index (κ3) is 1.71. The fourth-order valence-corrected chi connectivity index (χ4v) is 3.10. The molecule has 0 radical (unpaired) electrons. The zero-order valence-electron chi connectivity index (χ0n) is 9.63. The summed E-state index contributed by atoms with van der Waals surface area (Å²) in [5.41, 5.74) is 3.41. The number of Topliss-reactive ketones (excluding diaryl/α,β-unsaturated/α-hetero) is 1. The highest BCUT2D eigenvalue weighted by atomic mass is 32.2. The molecule has 15 heavy (non-hydrogen) atoms. The van der Waals surface area contributed by atoms with E-state index in [1.54, 1.807) is 0 Å². The minimum Gasteiger partial charge on any atom is -0.294 e. The van der Waals surface area contributed by atoms with Gasteiger partial charge in [-0.3, -0.25) is 4.79 Å². The zero-order chi connectivity index (χ0) is 11.2. The number of rotatable bonds is 0. The Bertz CT molecular complexity index is 423. The van der Waals surface area contributed by atoms with Crippen LogP contribution in [0.4, 0.5) is 0 Å². The first-order chi connectivity index (χ1) is 7.00. The van der Waals surface area contributed by atoms with Gasteiger partial charge in [-0.25, -0.2) is 0 Å². The Hall–Kier alpha value is -0.760. The molecule has 0 saturated heterocycles. The van der Waals surface area contributed by atoms with Gasteiger partial charge < -0.3 is 0 Å². The third-order valence-electron chi connectivity index (χ3n) is 3.29. The van der Waals surface area contributed by atoms with E-state index >= 15 is 0 Å². The van der Waals surface area contributed by atoms with Crippen LogP contribution in [-0.4, -0.2) is 11.0 Å². The molecule has 0 bridgehead atoms. The molecule has 1 aromatic rings. The smallest absolute Gasteiger partial charge is 0.167 e. The molecule has 2 unspecified atom stereocenters. The molecule has 1 nitrogen and oxygen atoms in total. The highest BCUT2D eigenvalue weighted by Gasteiger charge is 2.30. The van der Waals surface area contributed by atoms with Gasteiger partial charge in [0.15, 0.2) is 5.78 Å². The summed E-state index contributed by atoms with van der Waals surface area (Å²) in [5.74, 6) is 0.448. The molecular weight excluding hydrogens is 204 g/mol. The lowest BCUT2D eigenvalue weighted by molar-refractivity contribution is 0.0924. The van der Waals surface area contributed by atoms with E-state index in [4.69, 9.17) is 0 Å². The van der Waals surface area contributed by atoms with Gasteiger partial charge >= 0.3 is 0 Å². The monoisotopic (exact) mass is 220 g/mol. The molecule has 0 aromatic heterocycles.